The van der Waals surface area contributed by atoms with Gasteiger partial charge in [-0.05, 0) is 55.0 Å². The maximum atomic E-state index is 12.7. The number of amides is 1. The molecule has 0 saturated heterocycles. The zero-order valence-electron chi connectivity index (χ0n) is 14.4. The summed E-state index contributed by atoms with van der Waals surface area (Å²) in [6, 6.07) is 13.2. The molecule has 0 aliphatic heterocycles. The molecule has 25 heavy (non-hydrogen) atoms. The van der Waals surface area contributed by atoms with E-state index in [0.29, 0.717) is 11.3 Å². The van der Waals surface area contributed by atoms with Crippen molar-refractivity contribution in [2.24, 2.45) is 0 Å². The molecule has 2 aromatic rings. The van der Waals surface area contributed by atoms with Crippen molar-refractivity contribution in [3.8, 4) is 0 Å². The highest BCUT2D eigenvalue weighted by Gasteiger charge is 2.22. The Labute approximate surface area is 148 Å². The molecule has 1 atom stereocenters. The molecule has 0 fully saturated rings. The largest absolute Gasteiger partial charge is 0.345 e. The molecule has 1 amide bonds. The van der Waals surface area contributed by atoms with E-state index in [2.05, 4.69) is 22.2 Å². The number of anilines is 1. The molecule has 0 heterocycles. The van der Waals surface area contributed by atoms with E-state index < -0.39 is 10.0 Å². The Morgan fingerprint density at radius 1 is 1.16 bits per heavy atom. The molecule has 132 valence electrons. The summed E-state index contributed by atoms with van der Waals surface area (Å²) in [7, 11) is -3.39. The van der Waals surface area contributed by atoms with Gasteiger partial charge in [-0.1, -0.05) is 30.3 Å². The number of hydrogen-bond donors (Lipinski definition) is 2. The van der Waals surface area contributed by atoms with Crippen molar-refractivity contribution >= 4 is 21.6 Å². The standard InChI is InChI=1S/C19H22N2O3S/c1-13-10-11-15(12-18(13)21-25(2,23)24)19(22)20-17-9-5-7-14-6-3-4-8-16(14)17/h3-4,6,8,10-12,17,21H,5,7,9H2,1-2H3,(H,20,22)/t17-/m0/s1. The second-order valence-corrected chi connectivity index (χ2v) is 8.27. The van der Waals surface area contributed by atoms with Crippen molar-refractivity contribution in [2.45, 2.75) is 32.2 Å². The van der Waals surface area contributed by atoms with Crippen LogP contribution in [0.3, 0.4) is 0 Å². The molecule has 0 aromatic heterocycles. The number of rotatable bonds is 4. The van der Waals surface area contributed by atoms with E-state index in [0.717, 1.165) is 31.1 Å². The molecule has 3 rings (SSSR count). The maximum absolute atomic E-state index is 12.7. The van der Waals surface area contributed by atoms with Crippen LogP contribution in [0.15, 0.2) is 42.5 Å². The summed E-state index contributed by atoms with van der Waals surface area (Å²) in [6.07, 6.45) is 4.08. The number of carbonyl (C=O) groups is 1. The molecular formula is C19H22N2O3S. The number of sulfonamides is 1. The molecule has 0 bridgehead atoms. The molecular weight excluding hydrogens is 336 g/mol. The van der Waals surface area contributed by atoms with Crippen LogP contribution in [0.5, 0.6) is 0 Å². The number of aryl methyl sites for hydroxylation is 2. The van der Waals surface area contributed by atoms with Crippen LogP contribution in [0, 0.1) is 6.92 Å². The Hall–Kier alpha value is -2.34. The first-order chi connectivity index (χ1) is 11.8. The van der Waals surface area contributed by atoms with Crippen LogP contribution in [-0.2, 0) is 16.4 Å². The van der Waals surface area contributed by atoms with Gasteiger partial charge in [0.05, 0.1) is 18.0 Å². The lowest BCUT2D eigenvalue weighted by Gasteiger charge is -2.26. The van der Waals surface area contributed by atoms with Gasteiger partial charge in [-0.15, -0.1) is 0 Å². The van der Waals surface area contributed by atoms with E-state index in [1.807, 2.05) is 12.1 Å². The second-order valence-electron chi connectivity index (χ2n) is 6.52. The van der Waals surface area contributed by atoms with Crippen molar-refractivity contribution in [3.63, 3.8) is 0 Å². The monoisotopic (exact) mass is 358 g/mol. The highest BCUT2D eigenvalue weighted by atomic mass is 32.2. The first-order valence-corrected chi connectivity index (χ1v) is 10.2. The minimum atomic E-state index is -3.39. The lowest BCUT2D eigenvalue weighted by molar-refractivity contribution is 0.0933. The number of benzene rings is 2. The average molecular weight is 358 g/mol. The van der Waals surface area contributed by atoms with Crippen molar-refractivity contribution in [1.29, 1.82) is 0 Å². The van der Waals surface area contributed by atoms with Crippen molar-refractivity contribution in [2.75, 3.05) is 11.0 Å². The molecule has 0 unspecified atom stereocenters. The van der Waals surface area contributed by atoms with E-state index in [1.165, 1.54) is 11.1 Å². The first kappa shape index (κ1) is 17.5. The summed E-state index contributed by atoms with van der Waals surface area (Å²) >= 11 is 0. The van der Waals surface area contributed by atoms with Crippen LogP contribution in [-0.4, -0.2) is 20.6 Å². The van der Waals surface area contributed by atoms with Crippen LogP contribution in [0.2, 0.25) is 0 Å². The van der Waals surface area contributed by atoms with Crippen LogP contribution in [0.25, 0.3) is 0 Å². The number of hydrogen-bond acceptors (Lipinski definition) is 3. The Balaban J connectivity index is 1.82. The Bertz CT molecular complexity index is 907. The van der Waals surface area contributed by atoms with Gasteiger partial charge in [0.1, 0.15) is 0 Å². The fraction of sp³-hybridized carbons (Fsp3) is 0.316. The molecule has 1 aliphatic rings. The fourth-order valence-electron chi connectivity index (χ4n) is 3.22. The zero-order valence-corrected chi connectivity index (χ0v) is 15.2. The van der Waals surface area contributed by atoms with E-state index in [1.54, 1.807) is 25.1 Å². The summed E-state index contributed by atoms with van der Waals surface area (Å²) in [5.74, 6) is -0.196. The van der Waals surface area contributed by atoms with Gasteiger partial charge in [-0.25, -0.2) is 8.42 Å². The summed E-state index contributed by atoms with van der Waals surface area (Å²) in [4.78, 5) is 12.7. The highest BCUT2D eigenvalue weighted by molar-refractivity contribution is 7.92. The molecule has 0 spiro atoms. The molecule has 5 nitrogen and oxygen atoms in total. The Morgan fingerprint density at radius 3 is 2.68 bits per heavy atom. The molecule has 0 radical (unpaired) electrons. The SMILES string of the molecule is Cc1ccc(C(=O)N[C@H]2CCCc3ccccc32)cc1NS(C)(=O)=O. The summed E-state index contributed by atoms with van der Waals surface area (Å²) in [5, 5.41) is 3.08. The van der Waals surface area contributed by atoms with Gasteiger partial charge < -0.3 is 5.32 Å². The molecule has 6 heteroatoms. The van der Waals surface area contributed by atoms with Crippen LogP contribution in [0.1, 0.15) is 45.9 Å². The second kappa shape index (κ2) is 6.88. The fourth-order valence-corrected chi connectivity index (χ4v) is 3.84. The van der Waals surface area contributed by atoms with Crippen molar-refractivity contribution in [3.05, 3.63) is 64.7 Å². The molecule has 2 N–H and O–H groups in total. The van der Waals surface area contributed by atoms with Gasteiger partial charge in [-0.2, -0.15) is 0 Å². The van der Waals surface area contributed by atoms with Crippen LogP contribution in [0.4, 0.5) is 5.69 Å². The summed E-state index contributed by atoms with van der Waals surface area (Å²) in [5.41, 5.74) is 4.09. The highest BCUT2D eigenvalue weighted by Crippen LogP contribution is 2.30. The minimum absolute atomic E-state index is 0.00919. The predicted molar refractivity (Wildman–Crippen MR) is 99.2 cm³/mol. The van der Waals surface area contributed by atoms with Gasteiger partial charge in [0.25, 0.3) is 5.91 Å². The zero-order chi connectivity index (χ0) is 18.0. The van der Waals surface area contributed by atoms with Crippen molar-refractivity contribution in [1.82, 2.24) is 5.32 Å². The molecule has 0 saturated carbocycles. The van der Waals surface area contributed by atoms with Gasteiger partial charge in [0.15, 0.2) is 0 Å². The topological polar surface area (TPSA) is 75.3 Å². The van der Waals surface area contributed by atoms with E-state index in [9.17, 15) is 13.2 Å². The maximum Gasteiger partial charge on any atom is 0.251 e. The van der Waals surface area contributed by atoms with Gasteiger partial charge in [0, 0.05) is 5.56 Å². The van der Waals surface area contributed by atoms with Gasteiger partial charge >= 0.3 is 0 Å². The van der Waals surface area contributed by atoms with Crippen LogP contribution >= 0.6 is 0 Å². The predicted octanol–water partition coefficient (Wildman–Crippen LogP) is 3.17. The molecule has 2 aromatic carbocycles. The number of fused-ring (bicyclic) bond motifs is 1. The molecule has 1 aliphatic carbocycles. The normalized spacial score (nSPS) is 16.8. The first-order valence-electron chi connectivity index (χ1n) is 8.30. The quantitative estimate of drug-likeness (QED) is 0.881. The van der Waals surface area contributed by atoms with Crippen molar-refractivity contribution < 1.29 is 13.2 Å². The number of nitrogens with one attached hydrogen (secondary N) is 2. The average Bonchev–Trinajstić information content (AvgIpc) is 2.56. The summed E-state index contributed by atoms with van der Waals surface area (Å²) in [6.45, 7) is 1.80. The van der Waals surface area contributed by atoms with Gasteiger partial charge in [0.2, 0.25) is 10.0 Å². The van der Waals surface area contributed by atoms with Crippen LogP contribution < -0.4 is 10.0 Å². The van der Waals surface area contributed by atoms with E-state index in [4.69, 9.17) is 0 Å². The Kier molecular flexibility index (Phi) is 4.81. The third-order valence-corrected chi connectivity index (χ3v) is 5.06. The Morgan fingerprint density at radius 2 is 1.92 bits per heavy atom. The lowest BCUT2D eigenvalue weighted by atomic mass is 9.87. The summed E-state index contributed by atoms with van der Waals surface area (Å²) < 4.78 is 25.4. The van der Waals surface area contributed by atoms with E-state index >= 15 is 0 Å². The van der Waals surface area contributed by atoms with Gasteiger partial charge in [-0.3, -0.25) is 9.52 Å². The third-order valence-electron chi connectivity index (χ3n) is 4.47. The minimum Gasteiger partial charge on any atom is -0.345 e. The smallest absolute Gasteiger partial charge is 0.251 e. The number of carbonyl (C=O) groups excluding carboxylic acids is 1. The third kappa shape index (κ3) is 4.20. The van der Waals surface area contributed by atoms with E-state index in [-0.39, 0.29) is 11.9 Å². The lowest BCUT2D eigenvalue weighted by Crippen LogP contribution is -2.31.